The molecular formula is C16H17ClN4O2. The summed E-state index contributed by atoms with van der Waals surface area (Å²) < 4.78 is 1.65. The number of hydrogen-bond acceptors (Lipinski definition) is 3. The number of nitrogens with zero attached hydrogens (tertiary/aromatic N) is 3. The molecule has 120 valence electrons. The molecule has 1 atom stereocenters. The number of carbonyl (C=O) groups is 2. The highest BCUT2D eigenvalue weighted by atomic mass is 35.5. The summed E-state index contributed by atoms with van der Waals surface area (Å²) in [5.41, 5.74) is 1.58. The molecule has 1 fully saturated rings. The normalized spacial score (nSPS) is 17.6. The van der Waals surface area contributed by atoms with Gasteiger partial charge in [-0.15, -0.1) is 0 Å². The molecule has 1 N–H and O–H groups in total. The summed E-state index contributed by atoms with van der Waals surface area (Å²) in [4.78, 5) is 26.2. The Morgan fingerprint density at radius 3 is 3.00 bits per heavy atom. The Bertz CT molecular complexity index is 743. The zero-order chi connectivity index (χ0) is 16.4. The molecule has 0 aliphatic carbocycles. The van der Waals surface area contributed by atoms with E-state index in [1.165, 1.54) is 0 Å². The maximum Gasteiger partial charge on any atom is 0.249 e. The summed E-state index contributed by atoms with van der Waals surface area (Å²) in [7, 11) is 1.80. The van der Waals surface area contributed by atoms with E-state index < -0.39 is 6.04 Å². The van der Waals surface area contributed by atoms with Gasteiger partial charge >= 0.3 is 0 Å². The number of amides is 2. The number of aromatic nitrogens is 2. The van der Waals surface area contributed by atoms with Gasteiger partial charge in [-0.3, -0.25) is 14.3 Å². The van der Waals surface area contributed by atoms with Crippen molar-refractivity contribution in [3.63, 3.8) is 0 Å². The second kappa shape index (κ2) is 6.42. The second-order valence-corrected chi connectivity index (χ2v) is 6.01. The summed E-state index contributed by atoms with van der Waals surface area (Å²) in [5, 5.41) is 7.46. The van der Waals surface area contributed by atoms with E-state index in [4.69, 9.17) is 11.6 Å². The van der Waals surface area contributed by atoms with Crippen LogP contribution in [0.15, 0.2) is 36.7 Å². The molecule has 1 aromatic carbocycles. The third kappa shape index (κ3) is 3.53. The zero-order valence-corrected chi connectivity index (χ0v) is 13.5. The minimum absolute atomic E-state index is 0.0996. The molecule has 2 aromatic rings. The fourth-order valence-corrected chi connectivity index (χ4v) is 2.91. The Labute approximate surface area is 139 Å². The molecule has 23 heavy (non-hydrogen) atoms. The van der Waals surface area contributed by atoms with Gasteiger partial charge in [0.15, 0.2) is 0 Å². The quantitative estimate of drug-likeness (QED) is 0.923. The van der Waals surface area contributed by atoms with Crippen molar-refractivity contribution in [1.29, 1.82) is 0 Å². The van der Waals surface area contributed by atoms with Gasteiger partial charge in [0.25, 0.3) is 0 Å². The maximum absolute atomic E-state index is 12.4. The molecule has 1 saturated heterocycles. The van der Waals surface area contributed by atoms with Crippen LogP contribution in [0, 0.1) is 0 Å². The Balaban J connectivity index is 1.60. The van der Waals surface area contributed by atoms with Crippen LogP contribution in [0.25, 0.3) is 0 Å². The first-order chi connectivity index (χ1) is 11.0. The van der Waals surface area contributed by atoms with Crippen LogP contribution < -0.4 is 10.2 Å². The molecule has 0 spiro atoms. The number of anilines is 1. The summed E-state index contributed by atoms with van der Waals surface area (Å²) in [6.45, 7) is 0.576. The van der Waals surface area contributed by atoms with Crippen molar-refractivity contribution in [2.45, 2.75) is 18.9 Å². The Hall–Kier alpha value is -2.34. The number of carbonyl (C=O) groups excluding carboxylic acids is 2. The van der Waals surface area contributed by atoms with Crippen molar-refractivity contribution >= 4 is 29.1 Å². The number of nitrogens with one attached hydrogen (secondary N) is 1. The van der Waals surface area contributed by atoms with Crippen molar-refractivity contribution in [3.8, 4) is 0 Å². The molecule has 2 amide bonds. The van der Waals surface area contributed by atoms with Crippen LogP contribution in [0.4, 0.5) is 5.69 Å². The Morgan fingerprint density at radius 1 is 1.48 bits per heavy atom. The summed E-state index contributed by atoms with van der Waals surface area (Å²) in [6.07, 6.45) is 4.23. The van der Waals surface area contributed by atoms with Crippen LogP contribution in [-0.4, -0.2) is 34.2 Å². The highest BCUT2D eigenvalue weighted by Gasteiger charge is 2.34. The monoisotopic (exact) mass is 332 g/mol. The second-order valence-electron chi connectivity index (χ2n) is 5.58. The molecule has 0 saturated carbocycles. The summed E-state index contributed by atoms with van der Waals surface area (Å²) in [5.74, 6) is -0.281. The zero-order valence-electron chi connectivity index (χ0n) is 12.7. The lowest BCUT2D eigenvalue weighted by Gasteiger charge is -2.15. The van der Waals surface area contributed by atoms with Gasteiger partial charge in [0.1, 0.15) is 6.04 Å². The molecule has 6 nitrogen and oxygen atoms in total. The lowest BCUT2D eigenvalue weighted by atomic mass is 10.1. The highest BCUT2D eigenvalue weighted by Crippen LogP contribution is 2.20. The first kappa shape index (κ1) is 15.6. The topological polar surface area (TPSA) is 67.2 Å². The largest absolute Gasteiger partial charge is 0.344 e. The number of benzene rings is 1. The average Bonchev–Trinajstić information content (AvgIpc) is 3.06. The SMILES string of the molecule is Cn1cc(N2CCC(NC(=O)Cc3cccc(Cl)c3)C2=O)cn1. The van der Waals surface area contributed by atoms with Gasteiger partial charge in [-0.25, -0.2) is 0 Å². The van der Waals surface area contributed by atoms with Crippen LogP contribution >= 0.6 is 11.6 Å². The predicted octanol–water partition coefficient (Wildman–Crippen LogP) is 1.54. The molecule has 2 heterocycles. The van der Waals surface area contributed by atoms with Gasteiger partial charge < -0.3 is 10.2 Å². The van der Waals surface area contributed by atoms with E-state index in [-0.39, 0.29) is 18.2 Å². The fourth-order valence-electron chi connectivity index (χ4n) is 2.70. The van der Waals surface area contributed by atoms with Gasteiger partial charge in [-0.2, -0.15) is 5.10 Å². The standard InChI is InChI=1S/C16H17ClN4O2/c1-20-10-13(9-18-20)21-6-5-14(16(21)23)19-15(22)8-11-3-2-4-12(17)7-11/h2-4,7,9-10,14H,5-6,8H2,1H3,(H,19,22). The third-order valence-electron chi connectivity index (χ3n) is 3.80. The van der Waals surface area contributed by atoms with Crippen molar-refractivity contribution < 1.29 is 9.59 Å². The maximum atomic E-state index is 12.4. The number of aryl methyl sites for hydroxylation is 1. The molecule has 0 radical (unpaired) electrons. The third-order valence-corrected chi connectivity index (χ3v) is 4.03. The van der Waals surface area contributed by atoms with Gasteiger partial charge in [0.05, 0.1) is 18.3 Å². The van der Waals surface area contributed by atoms with E-state index in [1.54, 1.807) is 47.2 Å². The molecular weight excluding hydrogens is 316 g/mol. The van der Waals surface area contributed by atoms with Crippen molar-refractivity contribution in [3.05, 3.63) is 47.2 Å². The van der Waals surface area contributed by atoms with Gasteiger partial charge in [0, 0.05) is 24.8 Å². The lowest BCUT2D eigenvalue weighted by molar-refractivity contribution is -0.126. The summed E-state index contributed by atoms with van der Waals surface area (Å²) in [6, 6.07) is 6.66. The molecule has 1 aliphatic rings. The van der Waals surface area contributed by atoms with Crippen LogP contribution in [0.3, 0.4) is 0 Å². The van der Waals surface area contributed by atoms with Crippen molar-refractivity contribution in [2.75, 3.05) is 11.4 Å². The Morgan fingerprint density at radius 2 is 2.30 bits per heavy atom. The Kier molecular flexibility index (Phi) is 4.34. The van der Waals surface area contributed by atoms with E-state index in [1.807, 2.05) is 6.07 Å². The minimum atomic E-state index is -0.484. The van der Waals surface area contributed by atoms with E-state index in [9.17, 15) is 9.59 Å². The van der Waals surface area contributed by atoms with E-state index in [0.29, 0.717) is 18.0 Å². The molecule has 7 heteroatoms. The molecule has 0 bridgehead atoms. The highest BCUT2D eigenvalue weighted by molar-refractivity contribution is 6.30. The first-order valence-electron chi connectivity index (χ1n) is 7.37. The predicted molar refractivity (Wildman–Crippen MR) is 87.3 cm³/mol. The van der Waals surface area contributed by atoms with E-state index >= 15 is 0 Å². The number of rotatable bonds is 4. The van der Waals surface area contributed by atoms with Crippen LogP contribution in [0.2, 0.25) is 5.02 Å². The molecule has 1 aromatic heterocycles. The lowest BCUT2D eigenvalue weighted by Crippen LogP contribution is -2.42. The van der Waals surface area contributed by atoms with Crippen LogP contribution in [0.5, 0.6) is 0 Å². The molecule has 3 rings (SSSR count). The van der Waals surface area contributed by atoms with Crippen LogP contribution in [-0.2, 0) is 23.1 Å². The number of halogens is 1. The minimum Gasteiger partial charge on any atom is -0.344 e. The van der Waals surface area contributed by atoms with Gasteiger partial charge in [-0.05, 0) is 24.1 Å². The smallest absolute Gasteiger partial charge is 0.249 e. The van der Waals surface area contributed by atoms with Gasteiger partial charge in [-0.1, -0.05) is 23.7 Å². The fraction of sp³-hybridized carbons (Fsp3) is 0.312. The van der Waals surface area contributed by atoms with Crippen molar-refractivity contribution in [2.24, 2.45) is 7.05 Å². The number of hydrogen-bond donors (Lipinski definition) is 1. The van der Waals surface area contributed by atoms with Gasteiger partial charge in [0.2, 0.25) is 11.8 Å². The first-order valence-corrected chi connectivity index (χ1v) is 7.74. The van der Waals surface area contributed by atoms with Crippen LogP contribution in [0.1, 0.15) is 12.0 Å². The average molecular weight is 333 g/mol. The molecule has 1 unspecified atom stereocenters. The van der Waals surface area contributed by atoms with E-state index in [2.05, 4.69) is 10.4 Å². The molecule has 1 aliphatic heterocycles. The van der Waals surface area contributed by atoms with E-state index in [0.717, 1.165) is 11.3 Å². The van der Waals surface area contributed by atoms with Crippen molar-refractivity contribution in [1.82, 2.24) is 15.1 Å². The summed E-state index contributed by atoms with van der Waals surface area (Å²) >= 11 is 5.91.